The van der Waals surface area contributed by atoms with Crippen LogP contribution in [-0.2, 0) is 9.84 Å². The summed E-state index contributed by atoms with van der Waals surface area (Å²) in [5.41, 5.74) is 1.01. The Balaban J connectivity index is 2.77. The van der Waals surface area contributed by atoms with Crippen LogP contribution >= 0.6 is 0 Å². The number of aliphatic hydroxyl groups is 1. The van der Waals surface area contributed by atoms with E-state index < -0.39 is 15.9 Å². The van der Waals surface area contributed by atoms with Gasteiger partial charge in [0.2, 0.25) is 0 Å². The Morgan fingerprint density at radius 2 is 2.15 bits per heavy atom. The molecule has 1 atom stereocenters. The number of rotatable bonds is 4. The zero-order valence-corrected chi connectivity index (χ0v) is 12.2. The molecule has 20 heavy (non-hydrogen) atoms. The largest absolute Gasteiger partial charge is 0.384 e. The lowest BCUT2D eigenvalue weighted by Gasteiger charge is -2.12. The van der Waals surface area contributed by atoms with Crippen molar-refractivity contribution in [2.45, 2.75) is 13.0 Å². The summed E-state index contributed by atoms with van der Waals surface area (Å²) in [7, 11) is -3.14. The van der Waals surface area contributed by atoms with Crippen molar-refractivity contribution >= 4 is 15.7 Å². The second-order valence-corrected chi connectivity index (χ2v) is 6.69. The maximum Gasteiger partial charge on any atom is 0.251 e. The Labute approximate surface area is 118 Å². The molecule has 1 aromatic carbocycles. The van der Waals surface area contributed by atoms with E-state index >= 15 is 0 Å². The fourth-order valence-electron chi connectivity index (χ4n) is 1.68. The number of hydrogen-bond donors (Lipinski definition) is 2. The number of sulfone groups is 1. The highest BCUT2D eigenvalue weighted by Crippen LogP contribution is 2.05. The Morgan fingerprint density at radius 3 is 2.75 bits per heavy atom. The van der Waals surface area contributed by atoms with Crippen molar-refractivity contribution in [3.05, 3.63) is 35.4 Å². The third kappa shape index (κ3) is 5.87. The minimum Gasteiger partial charge on any atom is -0.384 e. The summed E-state index contributed by atoms with van der Waals surface area (Å²) in [5.74, 6) is 4.74. The van der Waals surface area contributed by atoms with Gasteiger partial charge in [-0.05, 0) is 25.1 Å². The number of nitrogens with one attached hydrogen (secondary N) is 1. The molecule has 0 heterocycles. The molecule has 0 aromatic heterocycles. The molecule has 0 fully saturated rings. The highest BCUT2D eigenvalue weighted by molar-refractivity contribution is 7.90. The van der Waals surface area contributed by atoms with E-state index in [0.29, 0.717) is 11.1 Å². The molecule has 5 nitrogen and oxygen atoms in total. The average molecular weight is 295 g/mol. The van der Waals surface area contributed by atoms with Crippen LogP contribution in [0.5, 0.6) is 0 Å². The molecule has 0 aliphatic heterocycles. The number of aliphatic hydroxyl groups excluding tert-OH is 1. The second-order valence-electron chi connectivity index (χ2n) is 4.51. The van der Waals surface area contributed by atoms with Gasteiger partial charge in [0.1, 0.15) is 16.4 Å². The quantitative estimate of drug-likeness (QED) is 0.777. The highest BCUT2D eigenvalue weighted by atomic mass is 32.2. The van der Waals surface area contributed by atoms with Crippen LogP contribution in [0.2, 0.25) is 0 Å². The minimum atomic E-state index is -3.14. The Kier molecular flexibility index (Phi) is 5.74. The predicted octanol–water partition coefficient (Wildman–Crippen LogP) is 0.193. The summed E-state index contributed by atoms with van der Waals surface area (Å²) in [4.78, 5) is 12.0. The van der Waals surface area contributed by atoms with Gasteiger partial charge in [-0.25, -0.2) is 8.42 Å². The molecule has 0 aliphatic rings. The summed E-state index contributed by atoms with van der Waals surface area (Å²) in [6, 6.07) is 6.14. The maximum atomic E-state index is 12.0. The smallest absolute Gasteiger partial charge is 0.251 e. The molecule has 0 saturated heterocycles. The third-order valence-corrected chi connectivity index (χ3v) is 3.47. The first-order valence-corrected chi connectivity index (χ1v) is 8.06. The lowest BCUT2D eigenvalue weighted by Crippen LogP contribution is -2.37. The zero-order valence-electron chi connectivity index (χ0n) is 11.4. The summed E-state index contributed by atoms with van der Waals surface area (Å²) in [5, 5.41) is 11.2. The van der Waals surface area contributed by atoms with Crippen LogP contribution < -0.4 is 5.32 Å². The van der Waals surface area contributed by atoms with Gasteiger partial charge >= 0.3 is 0 Å². The number of benzene rings is 1. The van der Waals surface area contributed by atoms with Gasteiger partial charge in [-0.1, -0.05) is 17.9 Å². The Hall–Kier alpha value is -1.84. The number of hydrogen-bond acceptors (Lipinski definition) is 4. The molecule has 6 heteroatoms. The fraction of sp³-hybridized carbons (Fsp3) is 0.357. The molecule has 108 valence electrons. The number of carbonyl (C=O) groups is 1. The minimum absolute atomic E-state index is 0.108. The normalized spacial score (nSPS) is 12.2. The molecule has 2 N–H and O–H groups in total. The van der Waals surface area contributed by atoms with Crippen molar-refractivity contribution < 1.29 is 18.3 Å². The Bertz CT molecular complexity index is 641. The molecule has 1 aromatic rings. The van der Waals surface area contributed by atoms with Gasteiger partial charge < -0.3 is 10.4 Å². The van der Waals surface area contributed by atoms with Crippen LogP contribution in [0, 0.1) is 11.8 Å². The molecule has 0 aliphatic carbocycles. The van der Waals surface area contributed by atoms with Gasteiger partial charge in [-0.15, -0.1) is 0 Å². The molecule has 1 rings (SSSR count). The van der Waals surface area contributed by atoms with E-state index in [1.165, 1.54) is 0 Å². The van der Waals surface area contributed by atoms with Crippen molar-refractivity contribution in [2.24, 2.45) is 0 Å². The summed E-state index contributed by atoms with van der Waals surface area (Å²) >= 11 is 0. The van der Waals surface area contributed by atoms with Crippen LogP contribution in [0.25, 0.3) is 0 Å². The standard InChI is InChI=1S/C14H17NO4S/c1-11(10-20(2,18)19)15-14(17)13-7-3-5-12(9-13)6-4-8-16/h3,5,7,9,11,16H,8,10H2,1-2H3,(H,15,17). The lowest BCUT2D eigenvalue weighted by atomic mass is 10.1. The van der Waals surface area contributed by atoms with E-state index in [0.717, 1.165) is 6.26 Å². The predicted molar refractivity (Wildman–Crippen MR) is 77.0 cm³/mol. The number of amides is 1. The molecule has 0 bridgehead atoms. The van der Waals surface area contributed by atoms with Gasteiger partial charge in [0.25, 0.3) is 5.91 Å². The first-order valence-electron chi connectivity index (χ1n) is 6.00. The first kappa shape index (κ1) is 16.2. The van der Waals surface area contributed by atoms with E-state index in [2.05, 4.69) is 17.2 Å². The zero-order chi connectivity index (χ0) is 15.2. The van der Waals surface area contributed by atoms with Crippen molar-refractivity contribution in [1.29, 1.82) is 0 Å². The van der Waals surface area contributed by atoms with Gasteiger partial charge in [0.05, 0.1) is 5.75 Å². The van der Waals surface area contributed by atoms with E-state index in [1.807, 2.05) is 0 Å². The van der Waals surface area contributed by atoms with Crippen molar-refractivity contribution in [3.63, 3.8) is 0 Å². The van der Waals surface area contributed by atoms with Crippen LogP contribution in [0.3, 0.4) is 0 Å². The molecule has 0 spiro atoms. The second kappa shape index (κ2) is 7.08. The number of carbonyl (C=O) groups excluding carboxylic acids is 1. The SMILES string of the molecule is CC(CS(C)(=O)=O)NC(=O)c1cccc(C#CCO)c1. The highest BCUT2D eigenvalue weighted by Gasteiger charge is 2.14. The molecule has 1 unspecified atom stereocenters. The lowest BCUT2D eigenvalue weighted by molar-refractivity contribution is 0.0943. The monoisotopic (exact) mass is 295 g/mol. The first-order chi connectivity index (χ1) is 9.31. The summed E-state index contributed by atoms with van der Waals surface area (Å²) in [6.07, 6.45) is 1.13. The third-order valence-electron chi connectivity index (χ3n) is 2.37. The Morgan fingerprint density at radius 1 is 1.45 bits per heavy atom. The van der Waals surface area contributed by atoms with Crippen molar-refractivity contribution in [3.8, 4) is 11.8 Å². The maximum absolute atomic E-state index is 12.0. The van der Waals surface area contributed by atoms with Gasteiger partial charge in [0, 0.05) is 23.4 Å². The van der Waals surface area contributed by atoms with Gasteiger partial charge in [-0.3, -0.25) is 4.79 Å². The fourth-order valence-corrected chi connectivity index (χ4v) is 2.67. The van der Waals surface area contributed by atoms with E-state index in [4.69, 9.17) is 5.11 Å². The molecule has 0 saturated carbocycles. The van der Waals surface area contributed by atoms with Gasteiger partial charge in [0.15, 0.2) is 0 Å². The molecular weight excluding hydrogens is 278 g/mol. The molecule has 1 amide bonds. The van der Waals surface area contributed by atoms with Crippen molar-refractivity contribution in [1.82, 2.24) is 5.32 Å². The van der Waals surface area contributed by atoms with E-state index in [1.54, 1.807) is 31.2 Å². The summed E-state index contributed by atoms with van der Waals surface area (Å²) < 4.78 is 22.3. The molecule has 0 radical (unpaired) electrons. The van der Waals surface area contributed by atoms with E-state index in [9.17, 15) is 13.2 Å². The van der Waals surface area contributed by atoms with Crippen LogP contribution in [-0.4, -0.2) is 44.1 Å². The summed E-state index contributed by atoms with van der Waals surface area (Å²) in [6.45, 7) is 1.39. The van der Waals surface area contributed by atoms with E-state index in [-0.39, 0.29) is 18.3 Å². The van der Waals surface area contributed by atoms with Crippen LogP contribution in [0.15, 0.2) is 24.3 Å². The molecular formula is C14H17NO4S. The average Bonchev–Trinajstić information content (AvgIpc) is 2.34. The van der Waals surface area contributed by atoms with Crippen molar-refractivity contribution in [2.75, 3.05) is 18.6 Å². The van der Waals surface area contributed by atoms with Gasteiger partial charge in [-0.2, -0.15) is 0 Å². The van der Waals surface area contributed by atoms with Crippen LogP contribution in [0.1, 0.15) is 22.8 Å². The van der Waals surface area contributed by atoms with Crippen LogP contribution in [0.4, 0.5) is 0 Å². The topological polar surface area (TPSA) is 83.5 Å².